The maximum atomic E-state index is 12.5. The van der Waals surface area contributed by atoms with Gasteiger partial charge in [-0.05, 0) is 75.6 Å². The van der Waals surface area contributed by atoms with Crippen LogP contribution in [0.4, 0.5) is 5.69 Å². The van der Waals surface area contributed by atoms with E-state index in [9.17, 15) is 4.79 Å². The van der Waals surface area contributed by atoms with E-state index >= 15 is 0 Å². The van der Waals surface area contributed by atoms with Crippen molar-refractivity contribution < 1.29 is 19.1 Å². The Morgan fingerprint density at radius 2 is 1.78 bits per heavy atom. The molecule has 1 aliphatic heterocycles. The minimum Gasteiger partial charge on any atom is -0.489 e. The average Bonchev–Trinajstić information content (AvgIpc) is 3.38. The molecule has 0 spiro atoms. The Labute approximate surface area is 217 Å². The topological polar surface area (TPSA) is 74.6 Å². The number of imidazole rings is 1. The van der Waals surface area contributed by atoms with Gasteiger partial charge in [-0.3, -0.25) is 4.79 Å². The highest BCUT2D eigenvalue weighted by atomic mass is 16.7. The van der Waals surface area contributed by atoms with Gasteiger partial charge in [-0.25, -0.2) is 4.98 Å². The van der Waals surface area contributed by atoms with E-state index in [2.05, 4.69) is 12.2 Å². The minimum atomic E-state index is -0.637. The lowest BCUT2D eigenvalue weighted by atomic mass is 9.85. The van der Waals surface area contributed by atoms with Crippen molar-refractivity contribution in [2.75, 3.05) is 11.9 Å². The molecule has 1 aromatic heterocycles. The fourth-order valence-corrected chi connectivity index (χ4v) is 4.77. The van der Waals surface area contributed by atoms with Crippen molar-refractivity contribution in [2.45, 2.75) is 59.2 Å². The van der Waals surface area contributed by atoms with E-state index in [1.165, 1.54) is 0 Å². The molecule has 0 aliphatic carbocycles. The maximum absolute atomic E-state index is 12.5. The molecule has 7 nitrogen and oxygen atoms in total. The highest BCUT2D eigenvalue weighted by Crippen LogP contribution is 2.45. The fraction of sp³-hybridized carbons (Fsp3) is 0.333. The molecule has 5 rings (SSSR count). The SMILES string of the molecule is CCOn1c(C(CC)Oc2ccc(COc3ccc(C)c4c3C(C)(C)C(=O)N4)cc2)nc2ccccc21. The Bertz CT molecular complexity index is 1440. The second kappa shape index (κ2) is 9.81. The van der Waals surface area contributed by atoms with Gasteiger partial charge in [0, 0.05) is 5.56 Å². The number of carbonyl (C=O) groups excluding carboxylic acids is 1. The van der Waals surface area contributed by atoms with Crippen LogP contribution >= 0.6 is 0 Å². The summed E-state index contributed by atoms with van der Waals surface area (Å²) in [7, 11) is 0. The largest absolute Gasteiger partial charge is 0.489 e. The average molecular weight is 500 g/mol. The number of amides is 1. The van der Waals surface area contributed by atoms with Gasteiger partial charge in [0.25, 0.3) is 0 Å². The van der Waals surface area contributed by atoms with Crippen molar-refractivity contribution in [3.8, 4) is 11.5 Å². The minimum absolute atomic E-state index is 0.00787. The predicted molar refractivity (Wildman–Crippen MR) is 144 cm³/mol. The molecule has 1 amide bonds. The van der Waals surface area contributed by atoms with Gasteiger partial charge in [-0.15, -0.1) is 0 Å². The smallest absolute Gasteiger partial charge is 0.234 e. The zero-order valence-corrected chi connectivity index (χ0v) is 22.0. The summed E-state index contributed by atoms with van der Waals surface area (Å²) in [5, 5.41) is 3.01. The van der Waals surface area contributed by atoms with Crippen LogP contribution < -0.4 is 19.6 Å². The lowest BCUT2D eigenvalue weighted by molar-refractivity contribution is -0.119. The number of para-hydroxylation sites is 2. The molecule has 0 bridgehead atoms. The van der Waals surface area contributed by atoms with E-state index in [1.807, 2.05) is 88.4 Å². The Hall–Kier alpha value is -4.00. The van der Waals surface area contributed by atoms with Crippen LogP contribution in [0.2, 0.25) is 0 Å². The number of carbonyl (C=O) groups is 1. The molecule has 0 saturated carbocycles. The third kappa shape index (κ3) is 4.50. The van der Waals surface area contributed by atoms with Crippen LogP contribution in [0.15, 0.2) is 60.7 Å². The number of rotatable bonds is 9. The molecule has 37 heavy (non-hydrogen) atoms. The molecule has 2 heterocycles. The second-order valence-electron chi connectivity index (χ2n) is 9.83. The summed E-state index contributed by atoms with van der Waals surface area (Å²) in [6.45, 7) is 10.8. The summed E-state index contributed by atoms with van der Waals surface area (Å²) in [6.07, 6.45) is 0.478. The molecule has 1 aliphatic rings. The van der Waals surface area contributed by atoms with Gasteiger partial charge in [0.1, 0.15) is 30.2 Å². The quantitative estimate of drug-likeness (QED) is 0.300. The first-order chi connectivity index (χ1) is 17.8. The predicted octanol–water partition coefficient (Wildman–Crippen LogP) is 6.13. The third-order valence-corrected chi connectivity index (χ3v) is 6.86. The van der Waals surface area contributed by atoms with Crippen LogP contribution in [-0.4, -0.2) is 22.2 Å². The number of benzene rings is 3. The zero-order chi connectivity index (χ0) is 26.2. The lowest BCUT2D eigenvalue weighted by Gasteiger charge is -2.20. The number of ether oxygens (including phenoxy) is 2. The summed E-state index contributed by atoms with van der Waals surface area (Å²) < 4.78 is 14.3. The Balaban J connectivity index is 1.31. The van der Waals surface area contributed by atoms with Crippen molar-refractivity contribution in [1.29, 1.82) is 0 Å². The molecule has 0 fully saturated rings. The molecular weight excluding hydrogens is 466 g/mol. The number of anilines is 1. The van der Waals surface area contributed by atoms with Gasteiger partial charge in [0.15, 0.2) is 11.9 Å². The molecule has 1 atom stereocenters. The molecular formula is C30H33N3O4. The Morgan fingerprint density at radius 1 is 1.03 bits per heavy atom. The Kier molecular flexibility index (Phi) is 6.54. The number of aromatic nitrogens is 2. The molecule has 192 valence electrons. The monoisotopic (exact) mass is 499 g/mol. The number of hydrogen-bond donors (Lipinski definition) is 1. The van der Waals surface area contributed by atoms with Gasteiger partial charge in [-0.1, -0.05) is 37.3 Å². The summed E-state index contributed by atoms with van der Waals surface area (Å²) >= 11 is 0. The van der Waals surface area contributed by atoms with Crippen molar-refractivity contribution >= 4 is 22.6 Å². The molecule has 3 aromatic carbocycles. The van der Waals surface area contributed by atoms with E-state index in [-0.39, 0.29) is 12.0 Å². The molecule has 7 heteroatoms. The van der Waals surface area contributed by atoms with Crippen LogP contribution in [0.1, 0.15) is 62.7 Å². The van der Waals surface area contributed by atoms with Crippen molar-refractivity contribution in [2.24, 2.45) is 0 Å². The lowest BCUT2D eigenvalue weighted by Crippen LogP contribution is -2.27. The number of nitrogens with zero attached hydrogens (tertiary/aromatic N) is 2. The molecule has 0 radical (unpaired) electrons. The number of nitrogens with one attached hydrogen (secondary N) is 1. The van der Waals surface area contributed by atoms with Crippen LogP contribution in [0, 0.1) is 6.92 Å². The first-order valence-corrected chi connectivity index (χ1v) is 12.8. The Morgan fingerprint density at radius 3 is 2.51 bits per heavy atom. The number of fused-ring (bicyclic) bond motifs is 2. The second-order valence-corrected chi connectivity index (χ2v) is 9.83. The summed E-state index contributed by atoms with van der Waals surface area (Å²) in [5.74, 6) is 2.21. The highest BCUT2D eigenvalue weighted by Gasteiger charge is 2.41. The van der Waals surface area contributed by atoms with Gasteiger partial charge < -0.3 is 19.6 Å². The van der Waals surface area contributed by atoms with Crippen molar-refractivity contribution in [1.82, 2.24) is 9.71 Å². The van der Waals surface area contributed by atoms with Crippen LogP contribution in [0.3, 0.4) is 0 Å². The van der Waals surface area contributed by atoms with E-state index in [0.717, 1.165) is 57.2 Å². The normalized spacial score (nSPS) is 14.8. The molecule has 1 unspecified atom stereocenters. The van der Waals surface area contributed by atoms with Gasteiger partial charge in [0.2, 0.25) is 5.91 Å². The maximum Gasteiger partial charge on any atom is 0.234 e. The van der Waals surface area contributed by atoms with E-state index < -0.39 is 5.41 Å². The van der Waals surface area contributed by atoms with E-state index in [1.54, 1.807) is 4.73 Å². The summed E-state index contributed by atoms with van der Waals surface area (Å²) in [5.41, 5.74) is 4.99. The zero-order valence-electron chi connectivity index (χ0n) is 22.0. The first kappa shape index (κ1) is 24.7. The third-order valence-electron chi connectivity index (χ3n) is 6.86. The summed E-state index contributed by atoms with van der Waals surface area (Å²) in [4.78, 5) is 23.2. The highest BCUT2D eigenvalue weighted by molar-refractivity contribution is 6.07. The molecule has 4 aromatic rings. The van der Waals surface area contributed by atoms with Crippen LogP contribution in [0.25, 0.3) is 11.0 Å². The number of aryl methyl sites for hydroxylation is 1. The van der Waals surface area contributed by atoms with Crippen molar-refractivity contribution in [3.63, 3.8) is 0 Å². The standard InChI is InChI=1S/C30H33N3O4/c1-6-24(28-31-22-10-8-9-11-23(22)33(28)36-7-2)37-21-15-13-20(14-16-21)18-35-25-17-12-19(3)27-26(25)30(4,5)29(34)32-27/h8-17,24H,6-7,18H2,1-5H3,(H,32,34). The molecule has 1 N–H and O–H groups in total. The van der Waals surface area contributed by atoms with Gasteiger partial charge in [-0.2, -0.15) is 4.73 Å². The van der Waals surface area contributed by atoms with E-state index in [4.69, 9.17) is 19.3 Å². The van der Waals surface area contributed by atoms with Crippen LogP contribution in [-0.2, 0) is 16.8 Å². The van der Waals surface area contributed by atoms with Gasteiger partial charge >= 0.3 is 0 Å². The number of hydrogen-bond acceptors (Lipinski definition) is 5. The molecule has 0 saturated heterocycles. The van der Waals surface area contributed by atoms with Crippen LogP contribution in [0.5, 0.6) is 11.5 Å². The first-order valence-electron chi connectivity index (χ1n) is 12.8. The van der Waals surface area contributed by atoms with Gasteiger partial charge in [0.05, 0.1) is 16.6 Å². The fourth-order valence-electron chi connectivity index (χ4n) is 4.77. The summed E-state index contributed by atoms with van der Waals surface area (Å²) in [6, 6.07) is 19.7. The van der Waals surface area contributed by atoms with Crippen molar-refractivity contribution in [3.05, 3.63) is 83.2 Å². The van der Waals surface area contributed by atoms with E-state index in [0.29, 0.717) is 13.2 Å².